The molecule has 1 aliphatic heterocycles. The Morgan fingerprint density at radius 2 is 1.67 bits per heavy atom. The highest BCUT2D eigenvalue weighted by Crippen LogP contribution is 2.27. The number of thiophene rings is 1. The highest BCUT2D eigenvalue weighted by molar-refractivity contribution is 7.17. The molecule has 0 spiro atoms. The maximum absolute atomic E-state index is 13.0. The van der Waals surface area contributed by atoms with Crippen molar-refractivity contribution in [3.8, 4) is 0 Å². The first-order valence-electron chi connectivity index (χ1n) is 9.51. The molecule has 2 amide bonds. The minimum atomic E-state index is -1.04. The number of benzene rings is 3. The maximum Gasteiger partial charge on any atom is 0.269 e. The van der Waals surface area contributed by atoms with Crippen LogP contribution in [0.25, 0.3) is 10.1 Å². The number of anilines is 1. The average Bonchev–Trinajstić information content (AvgIpc) is 3.16. The number of aliphatic imine (C=N–C) groups is 1. The molecule has 1 unspecified atom stereocenters. The van der Waals surface area contributed by atoms with E-state index in [4.69, 9.17) is 0 Å². The van der Waals surface area contributed by atoms with Crippen molar-refractivity contribution in [1.29, 1.82) is 0 Å². The van der Waals surface area contributed by atoms with Gasteiger partial charge in [0.1, 0.15) is 0 Å². The zero-order chi connectivity index (χ0) is 20.5. The molecule has 6 heteroatoms. The fourth-order valence-electron chi connectivity index (χ4n) is 3.54. The quantitative estimate of drug-likeness (QED) is 0.523. The van der Waals surface area contributed by atoms with Gasteiger partial charge in [0.15, 0.2) is 0 Å². The maximum atomic E-state index is 13.0. The lowest BCUT2D eigenvalue weighted by atomic mass is 10.0. The number of nitrogens with zero attached hydrogens (tertiary/aromatic N) is 1. The zero-order valence-corrected chi connectivity index (χ0v) is 16.6. The molecule has 5 rings (SSSR count). The number of para-hydroxylation sites is 1. The molecule has 0 radical (unpaired) electrons. The van der Waals surface area contributed by atoms with Crippen molar-refractivity contribution in [3.63, 3.8) is 0 Å². The molecule has 0 bridgehead atoms. The molecule has 4 aromatic rings. The zero-order valence-electron chi connectivity index (χ0n) is 15.8. The molecule has 30 heavy (non-hydrogen) atoms. The molecule has 1 aromatic heterocycles. The van der Waals surface area contributed by atoms with Crippen molar-refractivity contribution in [1.82, 2.24) is 5.32 Å². The predicted molar refractivity (Wildman–Crippen MR) is 120 cm³/mol. The van der Waals surface area contributed by atoms with Crippen LogP contribution in [0, 0.1) is 0 Å². The Kier molecular flexibility index (Phi) is 4.61. The van der Waals surface area contributed by atoms with Gasteiger partial charge in [0, 0.05) is 26.6 Å². The van der Waals surface area contributed by atoms with E-state index >= 15 is 0 Å². The van der Waals surface area contributed by atoms with Crippen LogP contribution in [0.3, 0.4) is 0 Å². The molecule has 1 atom stereocenters. The second kappa shape index (κ2) is 7.57. The van der Waals surface area contributed by atoms with Crippen molar-refractivity contribution in [2.75, 3.05) is 5.32 Å². The number of amides is 2. The van der Waals surface area contributed by atoms with Crippen LogP contribution >= 0.6 is 11.3 Å². The third-order valence-corrected chi connectivity index (χ3v) is 5.95. The van der Waals surface area contributed by atoms with Crippen molar-refractivity contribution in [2.45, 2.75) is 6.17 Å². The summed E-state index contributed by atoms with van der Waals surface area (Å²) in [5.41, 5.74) is 3.56. The Bertz CT molecular complexity index is 1290. The summed E-state index contributed by atoms with van der Waals surface area (Å²) in [6, 6.07) is 24.9. The number of hydrogen-bond acceptors (Lipinski definition) is 4. The monoisotopic (exact) mass is 411 g/mol. The second-order valence-electron chi connectivity index (χ2n) is 6.90. The fourth-order valence-corrected chi connectivity index (χ4v) is 4.48. The molecule has 0 fully saturated rings. The van der Waals surface area contributed by atoms with Gasteiger partial charge in [-0.3, -0.25) is 9.59 Å². The first-order valence-corrected chi connectivity index (χ1v) is 10.4. The highest BCUT2D eigenvalue weighted by atomic mass is 32.1. The average molecular weight is 411 g/mol. The van der Waals surface area contributed by atoms with Crippen LogP contribution in [0.15, 0.2) is 89.2 Å². The number of carbonyl (C=O) groups excluding carboxylic acids is 2. The summed E-state index contributed by atoms with van der Waals surface area (Å²) in [6.45, 7) is 0. The number of carbonyl (C=O) groups is 2. The summed E-state index contributed by atoms with van der Waals surface area (Å²) in [5, 5.41) is 8.38. The molecule has 2 N–H and O–H groups in total. The van der Waals surface area contributed by atoms with Crippen LogP contribution in [-0.2, 0) is 4.79 Å². The van der Waals surface area contributed by atoms with E-state index in [1.165, 1.54) is 11.3 Å². The lowest BCUT2D eigenvalue weighted by molar-refractivity contribution is -0.117. The third kappa shape index (κ3) is 3.27. The Morgan fingerprint density at radius 3 is 2.53 bits per heavy atom. The highest BCUT2D eigenvalue weighted by Gasteiger charge is 2.27. The lowest BCUT2D eigenvalue weighted by Crippen LogP contribution is -2.42. The molecule has 0 saturated carbocycles. The van der Waals surface area contributed by atoms with Gasteiger partial charge >= 0.3 is 0 Å². The number of nitrogens with one attached hydrogen (secondary N) is 2. The summed E-state index contributed by atoms with van der Waals surface area (Å²) >= 11 is 1.50. The Hall–Kier alpha value is -3.77. The summed E-state index contributed by atoms with van der Waals surface area (Å²) in [5.74, 6) is -0.698. The van der Waals surface area contributed by atoms with Crippen LogP contribution in [-0.4, -0.2) is 23.7 Å². The number of benzodiazepines with no additional fused rings is 1. The van der Waals surface area contributed by atoms with Crippen LogP contribution < -0.4 is 10.6 Å². The minimum absolute atomic E-state index is 0.324. The molecular formula is C24H17N3O2S. The topological polar surface area (TPSA) is 70.6 Å². The number of hydrogen-bond donors (Lipinski definition) is 2. The summed E-state index contributed by atoms with van der Waals surface area (Å²) in [7, 11) is 0. The van der Waals surface area contributed by atoms with Crippen molar-refractivity contribution < 1.29 is 9.59 Å². The van der Waals surface area contributed by atoms with Gasteiger partial charge in [0.2, 0.25) is 6.17 Å². The van der Waals surface area contributed by atoms with Gasteiger partial charge in [-0.15, -0.1) is 11.3 Å². The van der Waals surface area contributed by atoms with E-state index in [1.807, 2.05) is 84.2 Å². The van der Waals surface area contributed by atoms with Crippen LogP contribution in [0.5, 0.6) is 0 Å². The van der Waals surface area contributed by atoms with Gasteiger partial charge in [0.25, 0.3) is 11.8 Å². The van der Waals surface area contributed by atoms with E-state index in [-0.39, 0.29) is 11.8 Å². The van der Waals surface area contributed by atoms with E-state index in [0.717, 1.165) is 21.2 Å². The van der Waals surface area contributed by atoms with Gasteiger partial charge in [-0.2, -0.15) is 0 Å². The number of rotatable bonds is 3. The molecule has 0 saturated heterocycles. The molecule has 1 aliphatic rings. The van der Waals surface area contributed by atoms with Crippen LogP contribution in [0.1, 0.15) is 21.5 Å². The minimum Gasteiger partial charge on any atom is -0.322 e. The Balaban J connectivity index is 1.55. The molecule has 2 heterocycles. The van der Waals surface area contributed by atoms with Gasteiger partial charge in [-0.1, -0.05) is 66.7 Å². The molecule has 3 aromatic carbocycles. The second-order valence-corrected chi connectivity index (χ2v) is 7.81. The van der Waals surface area contributed by atoms with E-state index in [9.17, 15) is 9.59 Å². The van der Waals surface area contributed by atoms with Gasteiger partial charge in [-0.05, 0) is 12.1 Å². The predicted octanol–water partition coefficient (Wildman–Crippen LogP) is 4.45. The van der Waals surface area contributed by atoms with E-state index in [1.54, 1.807) is 0 Å². The van der Waals surface area contributed by atoms with Crippen molar-refractivity contribution in [3.05, 3.63) is 101 Å². The van der Waals surface area contributed by atoms with Crippen molar-refractivity contribution in [2.24, 2.45) is 4.99 Å². The first kappa shape index (κ1) is 18.3. The number of fused-ring (bicyclic) bond motifs is 2. The van der Waals surface area contributed by atoms with Gasteiger partial charge < -0.3 is 10.6 Å². The fraction of sp³-hybridized carbons (Fsp3) is 0.0417. The largest absolute Gasteiger partial charge is 0.322 e. The summed E-state index contributed by atoms with van der Waals surface area (Å²) in [4.78, 5) is 30.6. The van der Waals surface area contributed by atoms with Crippen LogP contribution in [0.4, 0.5) is 5.69 Å². The van der Waals surface area contributed by atoms with Gasteiger partial charge in [0.05, 0.1) is 17.0 Å². The summed E-state index contributed by atoms with van der Waals surface area (Å²) < 4.78 is 1.02. The molecule has 146 valence electrons. The lowest BCUT2D eigenvalue weighted by Gasteiger charge is -2.13. The molecular weight excluding hydrogens is 394 g/mol. The van der Waals surface area contributed by atoms with E-state index in [0.29, 0.717) is 17.0 Å². The SMILES string of the molecule is O=C(NC1N=C(c2ccccc2)c2ccccc2NC1=O)c1csc2ccccc12. The molecule has 0 aliphatic carbocycles. The first-order chi connectivity index (χ1) is 14.7. The molecule has 5 nitrogen and oxygen atoms in total. The van der Waals surface area contributed by atoms with Gasteiger partial charge in [-0.25, -0.2) is 4.99 Å². The smallest absolute Gasteiger partial charge is 0.269 e. The standard InChI is InChI=1S/C24H17N3O2S/c28-23(18-14-30-20-13-7-5-10-16(18)20)27-22-24(29)25-19-12-6-4-11-17(19)21(26-22)15-8-2-1-3-9-15/h1-14,22H,(H,25,29)(H,27,28). The van der Waals surface area contributed by atoms with E-state index in [2.05, 4.69) is 15.6 Å². The Morgan fingerprint density at radius 1 is 0.933 bits per heavy atom. The normalized spacial score (nSPS) is 15.7. The Labute approximate surface area is 177 Å². The van der Waals surface area contributed by atoms with Crippen LogP contribution in [0.2, 0.25) is 0 Å². The summed E-state index contributed by atoms with van der Waals surface area (Å²) in [6.07, 6.45) is -1.04. The third-order valence-electron chi connectivity index (χ3n) is 4.99. The van der Waals surface area contributed by atoms with E-state index < -0.39 is 6.17 Å². The van der Waals surface area contributed by atoms with Crippen molar-refractivity contribution >= 4 is 44.6 Å².